The van der Waals surface area contributed by atoms with Crippen molar-refractivity contribution in [1.29, 1.82) is 0 Å². The second kappa shape index (κ2) is 15.8. The Morgan fingerprint density at radius 3 is 1.81 bits per heavy atom. The van der Waals surface area contributed by atoms with Crippen molar-refractivity contribution < 1.29 is 13.6 Å². The van der Waals surface area contributed by atoms with Gasteiger partial charge in [0.05, 0.1) is 18.3 Å². The van der Waals surface area contributed by atoms with E-state index in [9.17, 15) is 0 Å². The lowest BCUT2D eigenvalue weighted by molar-refractivity contribution is 0.0624. The third kappa shape index (κ3) is 11.2. The van der Waals surface area contributed by atoms with Crippen LogP contribution in [0.25, 0.3) is 0 Å². The Balaban J connectivity index is 1.51. The summed E-state index contributed by atoms with van der Waals surface area (Å²) in [5, 5.41) is 0. The van der Waals surface area contributed by atoms with E-state index in [1.54, 1.807) is 0 Å². The Hall–Kier alpha value is 0.0969. The van der Waals surface area contributed by atoms with Gasteiger partial charge in [-0.05, 0) is 44.2 Å². The summed E-state index contributed by atoms with van der Waals surface area (Å²) >= 11 is 0. The van der Waals surface area contributed by atoms with Gasteiger partial charge in [-0.3, -0.25) is 0 Å². The Kier molecular flexibility index (Phi) is 14.0. The average molecular weight is 455 g/mol. The van der Waals surface area contributed by atoms with Crippen molar-refractivity contribution >= 4 is 8.56 Å². The van der Waals surface area contributed by atoms with Gasteiger partial charge in [-0.1, -0.05) is 104 Å². The predicted molar refractivity (Wildman–Crippen MR) is 135 cm³/mol. The van der Waals surface area contributed by atoms with Crippen LogP contribution >= 0.6 is 0 Å². The van der Waals surface area contributed by atoms with E-state index in [1.165, 1.54) is 116 Å². The zero-order valence-corrected chi connectivity index (χ0v) is 22.5. The van der Waals surface area contributed by atoms with Crippen LogP contribution < -0.4 is 0 Å². The summed E-state index contributed by atoms with van der Waals surface area (Å²) in [6, 6.07) is 1.04. The van der Waals surface area contributed by atoms with Gasteiger partial charge in [0, 0.05) is 7.11 Å². The van der Waals surface area contributed by atoms with E-state index in [0.717, 1.165) is 6.04 Å². The lowest BCUT2D eigenvalue weighted by Gasteiger charge is -2.35. The molecule has 1 saturated heterocycles. The number of epoxide rings is 1. The molecule has 2 rings (SSSR count). The van der Waals surface area contributed by atoms with Crippen molar-refractivity contribution in [2.45, 2.75) is 160 Å². The first kappa shape index (κ1) is 27.3. The molecule has 2 aliphatic rings. The maximum atomic E-state index is 6.72. The first-order valence-corrected chi connectivity index (χ1v) is 16.5. The second-order valence-corrected chi connectivity index (χ2v) is 14.1. The molecule has 0 radical (unpaired) electrons. The molecular formula is C27H54O3Si. The number of rotatable bonds is 20. The molecule has 31 heavy (non-hydrogen) atoms. The molecule has 0 amide bonds. The fourth-order valence-corrected chi connectivity index (χ4v) is 6.80. The molecule has 0 bridgehead atoms. The van der Waals surface area contributed by atoms with Gasteiger partial charge in [-0.2, -0.15) is 0 Å². The fraction of sp³-hybridized carbons (Fsp3) is 1.00. The summed E-state index contributed by atoms with van der Waals surface area (Å²) < 4.78 is 18.4. The molecule has 5 unspecified atom stereocenters. The van der Waals surface area contributed by atoms with E-state index in [2.05, 4.69) is 20.4 Å². The first-order valence-electron chi connectivity index (χ1n) is 14.0. The van der Waals surface area contributed by atoms with Gasteiger partial charge < -0.3 is 13.6 Å². The van der Waals surface area contributed by atoms with Crippen LogP contribution in [-0.2, 0) is 13.6 Å². The maximum Gasteiger partial charge on any atom is 0.334 e. The Bertz CT molecular complexity index is 440. The molecule has 0 aromatic rings. The first-order chi connectivity index (χ1) is 15.1. The minimum absolute atomic E-state index is 0.388. The van der Waals surface area contributed by atoms with Gasteiger partial charge in [0.25, 0.3) is 0 Å². The average Bonchev–Trinajstić information content (AvgIpc) is 3.57. The van der Waals surface area contributed by atoms with Crippen molar-refractivity contribution in [2.24, 2.45) is 5.92 Å². The predicted octanol–water partition coefficient (Wildman–Crippen LogP) is 8.55. The third-order valence-corrected chi connectivity index (χ3v) is 10.8. The molecule has 0 N–H and O–H groups in total. The molecule has 0 spiro atoms. The molecule has 184 valence electrons. The fourth-order valence-electron chi connectivity index (χ4n) is 5.30. The molecule has 3 nitrogen and oxygen atoms in total. The van der Waals surface area contributed by atoms with E-state index >= 15 is 0 Å². The molecular weight excluding hydrogens is 400 g/mol. The molecule has 1 saturated carbocycles. The second-order valence-electron chi connectivity index (χ2n) is 10.5. The normalized spacial score (nSPS) is 25.7. The molecule has 0 aromatic carbocycles. The Morgan fingerprint density at radius 2 is 1.32 bits per heavy atom. The van der Waals surface area contributed by atoms with Gasteiger partial charge >= 0.3 is 8.56 Å². The summed E-state index contributed by atoms with van der Waals surface area (Å²) in [4.78, 5) is 0. The van der Waals surface area contributed by atoms with Crippen LogP contribution in [0, 0.1) is 5.92 Å². The van der Waals surface area contributed by atoms with Gasteiger partial charge in [-0.25, -0.2) is 0 Å². The summed E-state index contributed by atoms with van der Waals surface area (Å²) in [5.74, 6) is 0.680. The number of fused-ring (bicyclic) bond motifs is 1. The SMILES string of the molecule is CCCCCCCCCCCCCCCCC(O[Si](C)(CC)OC)C1CCC2OC2C1. The van der Waals surface area contributed by atoms with Crippen LogP contribution in [0.5, 0.6) is 0 Å². The minimum Gasteiger partial charge on any atom is -0.398 e. The van der Waals surface area contributed by atoms with Gasteiger partial charge in [-0.15, -0.1) is 0 Å². The summed E-state index contributed by atoms with van der Waals surface area (Å²) in [6.45, 7) is 6.76. The molecule has 4 heteroatoms. The van der Waals surface area contributed by atoms with E-state index in [-0.39, 0.29) is 0 Å². The van der Waals surface area contributed by atoms with Crippen molar-refractivity contribution in [3.8, 4) is 0 Å². The van der Waals surface area contributed by atoms with Crippen molar-refractivity contribution in [3.05, 3.63) is 0 Å². The highest BCUT2D eigenvalue weighted by Crippen LogP contribution is 2.42. The monoisotopic (exact) mass is 454 g/mol. The van der Waals surface area contributed by atoms with E-state index in [4.69, 9.17) is 13.6 Å². The molecule has 1 aliphatic heterocycles. The molecule has 5 atom stereocenters. The number of unbranched alkanes of at least 4 members (excludes halogenated alkanes) is 13. The zero-order valence-electron chi connectivity index (χ0n) is 21.5. The van der Waals surface area contributed by atoms with E-state index in [1.807, 2.05) is 7.11 Å². The minimum atomic E-state index is -2.00. The molecule has 1 heterocycles. The van der Waals surface area contributed by atoms with Crippen molar-refractivity contribution in [3.63, 3.8) is 0 Å². The van der Waals surface area contributed by atoms with Gasteiger partial charge in [0.1, 0.15) is 0 Å². The molecule has 1 aliphatic carbocycles. The Morgan fingerprint density at radius 1 is 0.774 bits per heavy atom. The van der Waals surface area contributed by atoms with Crippen LogP contribution in [0.2, 0.25) is 12.6 Å². The smallest absolute Gasteiger partial charge is 0.334 e. The van der Waals surface area contributed by atoms with Crippen molar-refractivity contribution in [2.75, 3.05) is 7.11 Å². The molecule has 0 aromatic heterocycles. The topological polar surface area (TPSA) is 31.0 Å². The highest BCUT2D eigenvalue weighted by atomic mass is 28.4. The lowest BCUT2D eigenvalue weighted by Crippen LogP contribution is -2.43. The van der Waals surface area contributed by atoms with Gasteiger partial charge in [0.2, 0.25) is 0 Å². The summed E-state index contributed by atoms with van der Waals surface area (Å²) in [6.07, 6.45) is 26.3. The van der Waals surface area contributed by atoms with Crippen LogP contribution in [-0.4, -0.2) is 34.0 Å². The van der Waals surface area contributed by atoms with Crippen LogP contribution in [0.3, 0.4) is 0 Å². The summed E-state index contributed by atoms with van der Waals surface area (Å²) in [7, 11) is -0.153. The van der Waals surface area contributed by atoms with Gasteiger partial charge in [0.15, 0.2) is 0 Å². The van der Waals surface area contributed by atoms with Crippen molar-refractivity contribution in [1.82, 2.24) is 0 Å². The van der Waals surface area contributed by atoms with E-state index in [0.29, 0.717) is 24.2 Å². The van der Waals surface area contributed by atoms with Crippen LogP contribution in [0.15, 0.2) is 0 Å². The number of hydrogen-bond acceptors (Lipinski definition) is 3. The third-order valence-electron chi connectivity index (χ3n) is 7.89. The number of hydrogen-bond donors (Lipinski definition) is 0. The van der Waals surface area contributed by atoms with Crippen LogP contribution in [0.4, 0.5) is 0 Å². The lowest BCUT2D eigenvalue weighted by atomic mass is 9.83. The highest BCUT2D eigenvalue weighted by molar-refractivity contribution is 6.65. The largest absolute Gasteiger partial charge is 0.398 e. The number of ether oxygens (including phenoxy) is 1. The Labute approximate surface area is 195 Å². The standard InChI is InChI=1S/C27H54O3Si/c1-5-7-8-9-10-11-12-13-14-15-16-17-18-19-20-25(30-31(4,6-2)28-3)24-21-22-26-27(23-24)29-26/h24-27H,5-23H2,1-4H3. The van der Waals surface area contributed by atoms with E-state index < -0.39 is 8.56 Å². The van der Waals surface area contributed by atoms with Crippen LogP contribution in [0.1, 0.15) is 129 Å². The maximum absolute atomic E-state index is 6.72. The zero-order chi connectivity index (χ0) is 22.4. The summed E-state index contributed by atoms with van der Waals surface area (Å²) in [5.41, 5.74) is 0. The highest BCUT2D eigenvalue weighted by Gasteiger charge is 2.46. The molecule has 2 fully saturated rings. The quantitative estimate of drug-likeness (QED) is 0.105.